The summed E-state index contributed by atoms with van der Waals surface area (Å²) in [7, 11) is -1.22. The SMILES string of the molecule is c1ccc(CCCCCCCCCOP(OCCCCCCCCCc2ccccc2)OCCCCCCCCCc2ccccc2)cc1. The molecule has 0 amide bonds. The van der Waals surface area contributed by atoms with Crippen molar-refractivity contribution in [3.05, 3.63) is 108 Å². The van der Waals surface area contributed by atoms with Crippen LogP contribution in [0.2, 0.25) is 0 Å². The van der Waals surface area contributed by atoms with E-state index in [9.17, 15) is 0 Å². The van der Waals surface area contributed by atoms with Crippen LogP contribution in [0.1, 0.15) is 152 Å². The lowest BCUT2D eigenvalue weighted by molar-refractivity contribution is 0.153. The molecule has 3 aromatic rings. The molecule has 0 aliphatic rings. The van der Waals surface area contributed by atoms with Gasteiger partial charge in [-0.2, -0.15) is 0 Å². The molecule has 0 aromatic heterocycles. The highest BCUT2D eigenvalue weighted by Crippen LogP contribution is 2.40. The standard InChI is InChI=1S/C45H69O3P/c1(4-10-19-31-43-34-22-16-23-35-43)7-13-28-40-46-49(47-41-29-14-8-2-5-11-20-32-44-36-24-17-25-37-44)48-42-30-15-9-3-6-12-21-33-45-38-26-18-27-39-45/h16-18,22-27,34-39H,1-15,19-21,28-33,40-42H2. The molecular formula is C45H69O3P. The Balaban J connectivity index is 1.17. The number of hydrogen-bond donors (Lipinski definition) is 0. The second-order valence-electron chi connectivity index (χ2n) is 13.9. The highest BCUT2D eigenvalue weighted by molar-refractivity contribution is 7.41. The first-order chi connectivity index (χ1) is 24.4. The zero-order valence-electron chi connectivity index (χ0n) is 30.9. The van der Waals surface area contributed by atoms with Crippen LogP contribution in [0, 0.1) is 0 Å². The van der Waals surface area contributed by atoms with Gasteiger partial charge in [0.2, 0.25) is 0 Å². The van der Waals surface area contributed by atoms with E-state index in [4.69, 9.17) is 13.6 Å². The van der Waals surface area contributed by atoms with E-state index in [0.29, 0.717) is 0 Å². The molecule has 3 rings (SSSR count). The summed E-state index contributed by atoms with van der Waals surface area (Å²) in [5.74, 6) is 0. The Morgan fingerprint density at radius 3 is 0.755 bits per heavy atom. The van der Waals surface area contributed by atoms with E-state index >= 15 is 0 Å². The van der Waals surface area contributed by atoms with Crippen LogP contribution in [0.4, 0.5) is 0 Å². The molecule has 0 atom stereocenters. The maximum Gasteiger partial charge on any atom is 0.332 e. The fourth-order valence-electron chi connectivity index (χ4n) is 6.41. The predicted molar refractivity (Wildman–Crippen MR) is 212 cm³/mol. The molecule has 0 unspecified atom stereocenters. The topological polar surface area (TPSA) is 27.7 Å². The van der Waals surface area contributed by atoms with Gasteiger partial charge in [0.15, 0.2) is 0 Å². The molecule has 0 aliphatic carbocycles. The highest BCUT2D eigenvalue weighted by Gasteiger charge is 2.12. The Labute approximate surface area is 302 Å². The van der Waals surface area contributed by atoms with Crippen LogP contribution in [0.3, 0.4) is 0 Å². The Bertz CT molecular complexity index is 953. The molecule has 3 nitrogen and oxygen atoms in total. The quantitative estimate of drug-likeness (QED) is 0.0471. The van der Waals surface area contributed by atoms with Gasteiger partial charge in [-0.05, 0) is 74.5 Å². The Morgan fingerprint density at radius 1 is 0.265 bits per heavy atom. The summed E-state index contributed by atoms with van der Waals surface area (Å²) in [6, 6.07) is 32.7. The van der Waals surface area contributed by atoms with Crippen LogP contribution in [-0.4, -0.2) is 19.8 Å². The molecule has 0 aliphatic heterocycles. The van der Waals surface area contributed by atoms with Crippen LogP contribution in [0.25, 0.3) is 0 Å². The first kappa shape index (κ1) is 41.4. The van der Waals surface area contributed by atoms with Gasteiger partial charge in [-0.15, -0.1) is 0 Å². The molecule has 0 spiro atoms. The molecule has 4 heteroatoms. The number of benzene rings is 3. The largest absolute Gasteiger partial charge is 0.332 e. The minimum atomic E-state index is -1.22. The minimum Gasteiger partial charge on any atom is -0.312 e. The van der Waals surface area contributed by atoms with Crippen molar-refractivity contribution >= 4 is 8.60 Å². The van der Waals surface area contributed by atoms with E-state index in [2.05, 4.69) is 91.0 Å². The highest BCUT2D eigenvalue weighted by atomic mass is 31.2. The Morgan fingerprint density at radius 2 is 0.490 bits per heavy atom. The number of aryl methyl sites for hydroxylation is 3. The Hall–Kier alpha value is -2.03. The monoisotopic (exact) mass is 688 g/mol. The van der Waals surface area contributed by atoms with Crippen LogP contribution >= 0.6 is 8.60 Å². The van der Waals surface area contributed by atoms with E-state index in [-0.39, 0.29) is 0 Å². The van der Waals surface area contributed by atoms with Crippen molar-refractivity contribution in [3.8, 4) is 0 Å². The van der Waals surface area contributed by atoms with Crippen molar-refractivity contribution in [2.75, 3.05) is 19.8 Å². The molecule has 0 N–H and O–H groups in total. The zero-order valence-corrected chi connectivity index (χ0v) is 31.8. The van der Waals surface area contributed by atoms with Crippen LogP contribution in [0.15, 0.2) is 91.0 Å². The van der Waals surface area contributed by atoms with Crippen molar-refractivity contribution in [3.63, 3.8) is 0 Å². The van der Waals surface area contributed by atoms with Crippen molar-refractivity contribution in [1.82, 2.24) is 0 Å². The molecule has 0 saturated heterocycles. The van der Waals surface area contributed by atoms with Gasteiger partial charge in [-0.3, -0.25) is 0 Å². The normalized spacial score (nSPS) is 11.4. The first-order valence-electron chi connectivity index (χ1n) is 20.2. The second kappa shape index (κ2) is 30.8. The lowest BCUT2D eigenvalue weighted by Crippen LogP contribution is -2.01. The summed E-state index contributed by atoms with van der Waals surface area (Å²) in [5.41, 5.74) is 4.41. The van der Waals surface area contributed by atoms with Crippen molar-refractivity contribution in [1.29, 1.82) is 0 Å². The molecule has 0 fully saturated rings. The fourth-order valence-corrected chi connectivity index (χ4v) is 7.47. The van der Waals surface area contributed by atoms with Crippen molar-refractivity contribution in [2.45, 2.75) is 154 Å². The predicted octanol–water partition coefficient (Wildman–Crippen LogP) is 14.2. The van der Waals surface area contributed by atoms with Gasteiger partial charge in [0.05, 0.1) is 19.8 Å². The molecule has 0 heterocycles. The summed E-state index contributed by atoms with van der Waals surface area (Å²) in [6.45, 7) is 2.27. The minimum absolute atomic E-state index is 0.756. The zero-order chi connectivity index (χ0) is 34.1. The maximum atomic E-state index is 6.17. The number of rotatable bonds is 33. The Kier molecular flexibility index (Phi) is 26.0. The fraction of sp³-hybridized carbons (Fsp3) is 0.600. The summed E-state index contributed by atoms with van der Waals surface area (Å²) in [4.78, 5) is 0. The first-order valence-corrected chi connectivity index (χ1v) is 21.3. The van der Waals surface area contributed by atoms with Crippen LogP contribution in [-0.2, 0) is 32.8 Å². The number of unbranched alkanes of at least 4 members (excludes halogenated alkanes) is 18. The summed E-state index contributed by atoms with van der Waals surface area (Å²) in [6.07, 6.45) is 30.5. The van der Waals surface area contributed by atoms with Crippen LogP contribution < -0.4 is 0 Å². The molecule has 272 valence electrons. The molecule has 3 aromatic carbocycles. The van der Waals surface area contributed by atoms with E-state index in [0.717, 1.165) is 39.1 Å². The van der Waals surface area contributed by atoms with Crippen LogP contribution in [0.5, 0.6) is 0 Å². The van der Waals surface area contributed by atoms with Gasteiger partial charge >= 0.3 is 8.60 Å². The maximum absolute atomic E-state index is 6.17. The third-order valence-corrected chi connectivity index (χ3v) is 10.6. The molecule has 0 radical (unpaired) electrons. The van der Waals surface area contributed by atoms with E-state index in [1.165, 1.54) is 152 Å². The smallest absolute Gasteiger partial charge is 0.312 e. The third-order valence-electron chi connectivity index (χ3n) is 9.45. The molecular weight excluding hydrogens is 619 g/mol. The van der Waals surface area contributed by atoms with Gasteiger partial charge in [-0.25, -0.2) is 0 Å². The molecule has 49 heavy (non-hydrogen) atoms. The third kappa shape index (κ3) is 23.9. The van der Waals surface area contributed by atoms with E-state index < -0.39 is 8.60 Å². The molecule has 0 saturated carbocycles. The summed E-state index contributed by atoms with van der Waals surface area (Å²) < 4.78 is 18.5. The van der Waals surface area contributed by atoms with Gasteiger partial charge in [0, 0.05) is 0 Å². The van der Waals surface area contributed by atoms with Gasteiger partial charge in [-0.1, -0.05) is 187 Å². The van der Waals surface area contributed by atoms with E-state index in [1.807, 2.05) is 0 Å². The lowest BCUT2D eigenvalue weighted by Gasteiger charge is -2.17. The second-order valence-corrected chi connectivity index (χ2v) is 15.1. The average Bonchev–Trinajstić information content (AvgIpc) is 3.14. The molecule has 0 bridgehead atoms. The van der Waals surface area contributed by atoms with Gasteiger partial charge < -0.3 is 13.6 Å². The van der Waals surface area contributed by atoms with Crippen molar-refractivity contribution < 1.29 is 13.6 Å². The number of hydrogen-bond acceptors (Lipinski definition) is 3. The summed E-state index contributed by atoms with van der Waals surface area (Å²) >= 11 is 0. The van der Waals surface area contributed by atoms with Gasteiger partial charge in [0.1, 0.15) is 0 Å². The average molecular weight is 689 g/mol. The lowest BCUT2D eigenvalue weighted by atomic mass is 10.0. The van der Waals surface area contributed by atoms with Crippen molar-refractivity contribution in [2.24, 2.45) is 0 Å². The van der Waals surface area contributed by atoms with Gasteiger partial charge in [0.25, 0.3) is 0 Å². The van der Waals surface area contributed by atoms with E-state index in [1.54, 1.807) is 0 Å². The summed E-state index contributed by atoms with van der Waals surface area (Å²) in [5, 5.41) is 0.